The molecule has 1 heterocycles. The molecule has 15 heavy (non-hydrogen) atoms. The molecule has 0 bridgehead atoms. The van der Waals surface area contributed by atoms with Crippen molar-refractivity contribution in [2.75, 3.05) is 19.7 Å². The number of rotatable bonds is 5. The highest BCUT2D eigenvalue weighted by Crippen LogP contribution is 2.17. The lowest BCUT2D eigenvalue weighted by molar-refractivity contribution is -0.135. The zero-order valence-electron chi connectivity index (χ0n) is 9.13. The van der Waals surface area contributed by atoms with E-state index in [2.05, 4.69) is 10.6 Å². The Kier molecular flexibility index (Phi) is 3.97. The molecular weight excluding hydrogens is 192 g/mol. The molecule has 2 N–H and O–H groups in total. The van der Waals surface area contributed by atoms with Crippen molar-refractivity contribution in [1.82, 2.24) is 10.6 Å². The second kappa shape index (κ2) is 5.47. The molecule has 1 atom stereocenters. The van der Waals surface area contributed by atoms with E-state index in [1.807, 2.05) is 0 Å². The van der Waals surface area contributed by atoms with Gasteiger partial charge in [0.1, 0.15) is 6.10 Å². The van der Waals surface area contributed by atoms with Crippen molar-refractivity contribution in [3.8, 4) is 0 Å². The molecule has 2 rings (SSSR count). The van der Waals surface area contributed by atoms with Gasteiger partial charge in [-0.25, -0.2) is 0 Å². The smallest absolute Gasteiger partial charge is 0.249 e. The van der Waals surface area contributed by atoms with Crippen molar-refractivity contribution < 1.29 is 9.53 Å². The number of nitrogens with one attached hydrogen (secondary N) is 2. The number of hydrogen-bond donors (Lipinski definition) is 2. The van der Waals surface area contributed by atoms with Crippen molar-refractivity contribution in [1.29, 1.82) is 0 Å². The van der Waals surface area contributed by atoms with E-state index < -0.39 is 0 Å². The molecule has 86 valence electrons. The monoisotopic (exact) mass is 212 g/mol. The van der Waals surface area contributed by atoms with Crippen molar-refractivity contribution in [2.24, 2.45) is 0 Å². The Morgan fingerprint density at radius 3 is 2.73 bits per heavy atom. The van der Waals surface area contributed by atoms with Gasteiger partial charge in [0, 0.05) is 25.7 Å². The highest BCUT2D eigenvalue weighted by Gasteiger charge is 2.22. The molecule has 0 aromatic carbocycles. The lowest BCUT2D eigenvalue weighted by atomic mass is 10.1. The molecule has 1 aliphatic carbocycles. The quantitative estimate of drug-likeness (QED) is 0.650. The number of amides is 1. The van der Waals surface area contributed by atoms with Gasteiger partial charge in [0.2, 0.25) is 5.91 Å². The first kappa shape index (κ1) is 10.9. The van der Waals surface area contributed by atoms with Crippen LogP contribution in [0.15, 0.2) is 0 Å². The minimum Gasteiger partial charge on any atom is -0.368 e. The van der Waals surface area contributed by atoms with E-state index >= 15 is 0 Å². The first-order valence-electron chi connectivity index (χ1n) is 5.99. The molecule has 1 saturated heterocycles. The van der Waals surface area contributed by atoms with Crippen LogP contribution in [0, 0.1) is 0 Å². The van der Waals surface area contributed by atoms with Gasteiger partial charge in [-0.05, 0) is 32.1 Å². The summed E-state index contributed by atoms with van der Waals surface area (Å²) in [5, 5.41) is 6.27. The third-order valence-corrected chi connectivity index (χ3v) is 2.91. The van der Waals surface area contributed by atoms with Gasteiger partial charge in [-0.3, -0.25) is 4.79 Å². The maximum absolute atomic E-state index is 11.6. The van der Waals surface area contributed by atoms with Crippen molar-refractivity contribution in [3.63, 3.8) is 0 Å². The average molecular weight is 212 g/mol. The highest BCUT2D eigenvalue weighted by atomic mass is 16.5. The molecule has 0 radical (unpaired) electrons. The van der Waals surface area contributed by atoms with Crippen molar-refractivity contribution >= 4 is 5.91 Å². The Morgan fingerprint density at radius 1 is 1.20 bits per heavy atom. The summed E-state index contributed by atoms with van der Waals surface area (Å²) in [5.41, 5.74) is 0. The van der Waals surface area contributed by atoms with Crippen LogP contribution >= 0.6 is 0 Å². The molecule has 2 fully saturated rings. The van der Waals surface area contributed by atoms with Gasteiger partial charge in [-0.1, -0.05) is 0 Å². The van der Waals surface area contributed by atoms with Crippen LogP contribution in [0.5, 0.6) is 0 Å². The van der Waals surface area contributed by atoms with Crippen LogP contribution in [0.1, 0.15) is 32.1 Å². The summed E-state index contributed by atoms with van der Waals surface area (Å²) in [6, 6.07) is 0.716. The fraction of sp³-hybridized carbons (Fsp3) is 0.909. The number of ether oxygens (including phenoxy) is 1. The molecule has 0 aromatic heterocycles. The van der Waals surface area contributed by atoms with Gasteiger partial charge in [-0.2, -0.15) is 0 Å². The Labute approximate surface area is 90.8 Å². The summed E-state index contributed by atoms with van der Waals surface area (Å²) in [6.45, 7) is 2.33. The Bertz CT molecular complexity index is 211. The van der Waals surface area contributed by atoms with Gasteiger partial charge in [0.25, 0.3) is 0 Å². The van der Waals surface area contributed by atoms with Gasteiger partial charge >= 0.3 is 0 Å². The lowest BCUT2D eigenvalue weighted by Crippen LogP contribution is -2.41. The summed E-state index contributed by atoms with van der Waals surface area (Å²) >= 11 is 0. The van der Waals surface area contributed by atoms with E-state index in [0.29, 0.717) is 6.04 Å². The fourth-order valence-corrected chi connectivity index (χ4v) is 1.81. The maximum atomic E-state index is 11.6. The first-order chi connectivity index (χ1) is 7.36. The largest absolute Gasteiger partial charge is 0.368 e. The van der Waals surface area contributed by atoms with Crippen LogP contribution in [0.4, 0.5) is 0 Å². The highest BCUT2D eigenvalue weighted by molar-refractivity contribution is 5.80. The van der Waals surface area contributed by atoms with Gasteiger partial charge in [-0.15, -0.1) is 0 Å². The summed E-state index contributed by atoms with van der Waals surface area (Å²) in [4.78, 5) is 11.6. The predicted octanol–water partition coefficient (Wildman–Crippen LogP) is 0.424. The second-order valence-electron chi connectivity index (χ2n) is 4.37. The van der Waals surface area contributed by atoms with E-state index in [4.69, 9.17) is 4.74 Å². The summed E-state index contributed by atoms with van der Waals surface area (Å²) in [5.74, 6) is 0.0623. The van der Waals surface area contributed by atoms with Crippen LogP contribution in [0.2, 0.25) is 0 Å². The molecule has 0 spiro atoms. The molecule has 4 heteroatoms. The van der Waals surface area contributed by atoms with Crippen LogP contribution < -0.4 is 10.6 Å². The Balaban J connectivity index is 1.54. The minimum atomic E-state index is -0.195. The van der Waals surface area contributed by atoms with E-state index in [9.17, 15) is 4.79 Å². The van der Waals surface area contributed by atoms with Gasteiger partial charge in [0.15, 0.2) is 0 Å². The zero-order chi connectivity index (χ0) is 10.5. The van der Waals surface area contributed by atoms with Gasteiger partial charge < -0.3 is 15.4 Å². The third kappa shape index (κ3) is 3.80. The zero-order valence-corrected chi connectivity index (χ0v) is 9.13. The minimum absolute atomic E-state index is 0.0623. The molecule has 1 unspecified atom stereocenters. The van der Waals surface area contributed by atoms with Crippen molar-refractivity contribution in [3.05, 3.63) is 0 Å². The average Bonchev–Trinajstić information content (AvgIpc) is 3.09. The Hall–Kier alpha value is -0.610. The maximum Gasteiger partial charge on any atom is 0.249 e. The lowest BCUT2D eigenvalue weighted by Gasteiger charge is -2.21. The van der Waals surface area contributed by atoms with E-state index in [1.165, 1.54) is 12.8 Å². The molecular formula is C11H20N2O2. The van der Waals surface area contributed by atoms with Crippen LogP contribution in [-0.2, 0) is 9.53 Å². The number of carbonyl (C=O) groups is 1. The van der Waals surface area contributed by atoms with E-state index in [1.54, 1.807) is 0 Å². The van der Waals surface area contributed by atoms with Gasteiger partial charge in [0.05, 0.1) is 0 Å². The van der Waals surface area contributed by atoms with E-state index in [0.717, 1.165) is 39.0 Å². The predicted molar refractivity (Wildman–Crippen MR) is 57.6 cm³/mol. The fourth-order valence-electron chi connectivity index (χ4n) is 1.81. The molecule has 1 amide bonds. The second-order valence-corrected chi connectivity index (χ2v) is 4.37. The topological polar surface area (TPSA) is 50.4 Å². The molecule has 0 aromatic rings. The van der Waals surface area contributed by atoms with Crippen LogP contribution in [0.25, 0.3) is 0 Å². The number of hydrogen-bond acceptors (Lipinski definition) is 3. The van der Waals surface area contributed by atoms with Crippen LogP contribution in [-0.4, -0.2) is 37.7 Å². The molecule has 1 saturated carbocycles. The first-order valence-corrected chi connectivity index (χ1v) is 5.99. The Morgan fingerprint density at radius 2 is 2.07 bits per heavy atom. The molecule has 1 aliphatic heterocycles. The summed E-state index contributed by atoms with van der Waals surface area (Å²) < 4.78 is 5.40. The third-order valence-electron chi connectivity index (χ3n) is 2.91. The standard InChI is InChI=1S/C11H20N2O2/c14-11(10-3-1-2-8-15-10)13-7-6-12-9-4-5-9/h9-10,12H,1-8H2,(H,13,14). The molecule has 4 nitrogen and oxygen atoms in total. The summed E-state index contributed by atoms with van der Waals surface area (Å²) in [6.07, 6.45) is 5.46. The van der Waals surface area contributed by atoms with Crippen molar-refractivity contribution in [2.45, 2.75) is 44.2 Å². The molecule has 2 aliphatic rings. The van der Waals surface area contributed by atoms with Crippen LogP contribution in [0.3, 0.4) is 0 Å². The number of carbonyl (C=O) groups excluding carboxylic acids is 1. The normalized spacial score (nSPS) is 26.3. The van der Waals surface area contributed by atoms with E-state index in [-0.39, 0.29) is 12.0 Å². The summed E-state index contributed by atoms with van der Waals surface area (Å²) in [7, 11) is 0. The SMILES string of the molecule is O=C(NCCNC1CC1)C1CCCCO1.